The first-order valence-corrected chi connectivity index (χ1v) is 11.6. The number of sulfone groups is 1. The van der Waals surface area contributed by atoms with E-state index in [4.69, 9.17) is 0 Å². The van der Waals surface area contributed by atoms with Crippen molar-refractivity contribution in [3.05, 3.63) is 46.2 Å². The Bertz CT molecular complexity index is 932. The van der Waals surface area contributed by atoms with E-state index in [2.05, 4.69) is 21.7 Å². The maximum Gasteiger partial charge on any atom is 0.238 e. The second kappa shape index (κ2) is 6.79. The van der Waals surface area contributed by atoms with Crippen molar-refractivity contribution in [1.82, 2.24) is 4.90 Å². The van der Waals surface area contributed by atoms with E-state index in [9.17, 15) is 13.2 Å². The van der Waals surface area contributed by atoms with Crippen LogP contribution in [-0.2, 0) is 21.1 Å². The number of nitrogens with one attached hydrogen (secondary N) is 1. The molecule has 1 aliphatic carbocycles. The molecule has 26 heavy (non-hydrogen) atoms. The van der Waals surface area contributed by atoms with Crippen molar-refractivity contribution in [2.24, 2.45) is 5.92 Å². The molecule has 1 atom stereocenters. The summed E-state index contributed by atoms with van der Waals surface area (Å²) in [5.41, 5.74) is 1.74. The van der Waals surface area contributed by atoms with E-state index in [1.807, 2.05) is 11.3 Å². The van der Waals surface area contributed by atoms with E-state index >= 15 is 0 Å². The number of hydrogen-bond acceptors (Lipinski definition) is 5. The number of carbonyl (C=O) groups excluding carboxylic acids is 1. The van der Waals surface area contributed by atoms with Gasteiger partial charge < -0.3 is 5.32 Å². The van der Waals surface area contributed by atoms with Crippen molar-refractivity contribution >= 4 is 32.8 Å². The lowest BCUT2D eigenvalue weighted by molar-refractivity contribution is -0.118. The van der Waals surface area contributed by atoms with Crippen molar-refractivity contribution < 1.29 is 13.2 Å². The number of hydrogen-bond donors (Lipinski definition) is 1. The average molecular weight is 391 g/mol. The first kappa shape index (κ1) is 17.7. The Morgan fingerprint density at radius 2 is 2.04 bits per heavy atom. The lowest BCUT2D eigenvalue weighted by Gasteiger charge is -2.35. The fraction of sp³-hybridized carbons (Fsp3) is 0.421. The van der Waals surface area contributed by atoms with Gasteiger partial charge in [0, 0.05) is 23.7 Å². The fourth-order valence-corrected chi connectivity index (χ4v) is 5.56. The molecule has 1 aromatic heterocycles. The van der Waals surface area contributed by atoms with Gasteiger partial charge in [0.25, 0.3) is 0 Å². The number of fused-ring (bicyclic) bond motifs is 1. The molecule has 2 heterocycles. The highest BCUT2D eigenvalue weighted by Crippen LogP contribution is 2.48. The quantitative estimate of drug-likeness (QED) is 0.852. The molecular formula is C19H22N2O3S2. The highest BCUT2D eigenvalue weighted by Gasteiger charge is 2.40. The number of amides is 1. The molecule has 1 N–H and O–H groups in total. The van der Waals surface area contributed by atoms with Crippen LogP contribution in [0.3, 0.4) is 0 Å². The van der Waals surface area contributed by atoms with E-state index in [0.29, 0.717) is 17.6 Å². The second-order valence-electron chi connectivity index (χ2n) is 7.12. The Morgan fingerprint density at radius 3 is 2.77 bits per heavy atom. The second-order valence-corrected chi connectivity index (χ2v) is 10.1. The molecule has 4 rings (SSSR count). The molecule has 0 spiro atoms. The third-order valence-corrected chi connectivity index (χ3v) is 7.25. The Morgan fingerprint density at radius 1 is 1.27 bits per heavy atom. The normalized spacial score (nSPS) is 20.6. The summed E-state index contributed by atoms with van der Waals surface area (Å²) in [5, 5.41) is 4.95. The first-order chi connectivity index (χ1) is 12.4. The standard InChI is InChI=1S/C19H22N2O3S2/c1-26(23,24)17-5-3-2-4-15(17)20-18(22)12-21-10-8-16-14(9-11-25-16)19(21)13-6-7-13/h2-5,9,11,13,19H,6-8,10,12H2,1H3,(H,20,22)/t19-/m1/s1. The van der Waals surface area contributed by atoms with Gasteiger partial charge in [-0.1, -0.05) is 12.1 Å². The number of anilines is 1. The van der Waals surface area contributed by atoms with Crippen LogP contribution in [-0.4, -0.2) is 38.6 Å². The molecule has 2 aromatic rings. The minimum Gasteiger partial charge on any atom is -0.324 e. The third kappa shape index (κ3) is 3.56. The van der Waals surface area contributed by atoms with E-state index < -0.39 is 9.84 Å². The van der Waals surface area contributed by atoms with Gasteiger partial charge in [0.05, 0.1) is 17.1 Å². The number of thiophene rings is 1. The van der Waals surface area contributed by atoms with Crippen LogP contribution >= 0.6 is 11.3 Å². The van der Waals surface area contributed by atoms with Crippen molar-refractivity contribution in [3.63, 3.8) is 0 Å². The zero-order chi connectivity index (χ0) is 18.3. The third-order valence-electron chi connectivity index (χ3n) is 5.09. The molecule has 138 valence electrons. The molecule has 1 saturated carbocycles. The number of nitrogens with zero attached hydrogens (tertiary/aromatic N) is 1. The van der Waals surface area contributed by atoms with Gasteiger partial charge in [0.15, 0.2) is 9.84 Å². The van der Waals surface area contributed by atoms with Crippen molar-refractivity contribution in [3.8, 4) is 0 Å². The Hall–Kier alpha value is -1.70. The monoisotopic (exact) mass is 390 g/mol. The SMILES string of the molecule is CS(=O)(=O)c1ccccc1NC(=O)CN1CCc2sccc2[C@H]1C1CC1. The van der Waals surface area contributed by atoms with Crippen LogP contribution in [0.15, 0.2) is 40.6 Å². The summed E-state index contributed by atoms with van der Waals surface area (Å²) >= 11 is 1.81. The molecule has 7 heteroatoms. The number of rotatable bonds is 5. The molecule has 0 radical (unpaired) electrons. The van der Waals surface area contributed by atoms with Crippen LogP contribution in [0.4, 0.5) is 5.69 Å². The minimum atomic E-state index is -3.39. The summed E-state index contributed by atoms with van der Waals surface area (Å²) in [7, 11) is -3.39. The van der Waals surface area contributed by atoms with Crippen LogP contribution in [0.1, 0.15) is 29.3 Å². The molecule has 1 aromatic carbocycles. The van der Waals surface area contributed by atoms with E-state index in [1.165, 1.54) is 29.3 Å². The van der Waals surface area contributed by atoms with E-state index in [-0.39, 0.29) is 17.3 Å². The van der Waals surface area contributed by atoms with Gasteiger partial charge in [-0.3, -0.25) is 9.69 Å². The van der Waals surface area contributed by atoms with Gasteiger partial charge in [-0.15, -0.1) is 11.3 Å². The summed E-state index contributed by atoms with van der Waals surface area (Å²) in [6, 6.07) is 9.08. The van der Waals surface area contributed by atoms with Gasteiger partial charge in [-0.25, -0.2) is 8.42 Å². The molecule has 2 aliphatic rings. The van der Waals surface area contributed by atoms with Gasteiger partial charge in [0.1, 0.15) is 0 Å². The van der Waals surface area contributed by atoms with Gasteiger partial charge in [-0.05, 0) is 54.3 Å². The number of carbonyl (C=O) groups is 1. The maximum absolute atomic E-state index is 12.7. The fourth-order valence-electron chi connectivity index (χ4n) is 3.81. The molecule has 0 saturated heterocycles. The smallest absolute Gasteiger partial charge is 0.238 e. The van der Waals surface area contributed by atoms with Crippen molar-refractivity contribution in [2.75, 3.05) is 24.7 Å². The zero-order valence-electron chi connectivity index (χ0n) is 14.6. The largest absolute Gasteiger partial charge is 0.324 e. The van der Waals surface area contributed by atoms with E-state index in [1.54, 1.807) is 18.2 Å². The molecular weight excluding hydrogens is 368 g/mol. The highest BCUT2D eigenvalue weighted by atomic mass is 32.2. The number of para-hydroxylation sites is 1. The van der Waals surface area contributed by atoms with Crippen LogP contribution < -0.4 is 5.32 Å². The highest BCUT2D eigenvalue weighted by molar-refractivity contribution is 7.90. The van der Waals surface area contributed by atoms with Crippen LogP contribution in [0, 0.1) is 5.92 Å². The number of benzene rings is 1. The summed E-state index contributed by atoms with van der Waals surface area (Å²) in [6.07, 6.45) is 4.57. The topological polar surface area (TPSA) is 66.5 Å². The predicted molar refractivity (Wildman–Crippen MR) is 103 cm³/mol. The van der Waals surface area contributed by atoms with Gasteiger partial charge >= 0.3 is 0 Å². The van der Waals surface area contributed by atoms with Crippen LogP contribution in [0.25, 0.3) is 0 Å². The van der Waals surface area contributed by atoms with Gasteiger partial charge in [-0.2, -0.15) is 0 Å². The van der Waals surface area contributed by atoms with Crippen LogP contribution in [0.5, 0.6) is 0 Å². The summed E-state index contributed by atoms with van der Waals surface area (Å²) in [5.74, 6) is 0.477. The lowest BCUT2D eigenvalue weighted by Crippen LogP contribution is -2.41. The molecule has 1 fully saturated rings. The van der Waals surface area contributed by atoms with E-state index in [0.717, 1.165) is 19.2 Å². The predicted octanol–water partition coefficient (Wildman–Crippen LogP) is 3.10. The Labute approximate surface area is 157 Å². The molecule has 0 unspecified atom stereocenters. The molecule has 5 nitrogen and oxygen atoms in total. The van der Waals surface area contributed by atoms with Crippen molar-refractivity contribution in [1.29, 1.82) is 0 Å². The summed E-state index contributed by atoms with van der Waals surface area (Å²) in [6.45, 7) is 1.16. The summed E-state index contributed by atoms with van der Waals surface area (Å²) in [4.78, 5) is 16.5. The molecule has 0 bridgehead atoms. The molecule has 1 aliphatic heterocycles. The van der Waals surface area contributed by atoms with Crippen LogP contribution in [0.2, 0.25) is 0 Å². The average Bonchev–Trinajstić information content (AvgIpc) is 3.30. The minimum absolute atomic E-state index is 0.158. The zero-order valence-corrected chi connectivity index (χ0v) is 16.3. The maximum atomic E-state index is 12.7. The van der Waals surface area contributed by atoms with Gasteiger partial charge in [0.2, 0.25) is 5.91 Å². The molecule has 1 amide bonds. The lowest BCUT2D eigenvalue weighted by atomic mass is 9.96. The summed E-state index contributed by atoms with van der Waals surface area (Å²) < 4.78 is 23.8. The first-order valence-electron chi connectivity index (χ1n) is 8.83. The Kier molecular flexibility index (Phi) is 4.62. The Balaban J connectivity index is 1.51. The van der Waals surface area contributed by atoms with Crippen molar-refractivity contribution in [2.45, 2.75) is 30.2 Å².